The summed E-state index contributed by atoms with van der Waals surface area (Å²) in [7, 11) is 0. The minimum atomic E-state index is -0.148. The molecule has 1 fully saturated rings. The third kappa shape index (κ3) is 4.14. The van der Waals surface area contributed by atoms with E-state index < -0.39 is 0 Å². The molecule has 0 aliphatic carbocycles. The molecule has 0 bridgehead atoms. The number of nitrogens with one attached hydrogen (secondary N) is 2. The van der Waals surface area contributed by atoms with Crippen LogP contribution in [-0.2, 0) is 0 Å². The fourth-order valence-electron chi connectivity index (χ4n) is 4.21. The number of anilines is 1. The van der Waals surface area contributed by atoms with Crippen LogP contribution >= 0.6 is 0 Å². The lowest BCUT2D eigenvalue weighted by Gasteiger charge is -2.32. The molecular formula is C23H29N3O2. The van der Waals surface area contributed by atoms with Gasteiger partial charge >= 0.3 is 0 Å². The Kier molecular flexibility index (Phi) is 5.81. The number of hydrogen-bond acceptors (Lipinski definition) is 3. The molecule has 0 spiro atoms. The van der Waals surface area contributed by atoms with Gasteiger partial charge in [0.15, 0.2) is 0 Å². The average Bonchev–Trinajstić information content (AvgIpc) is 3.39. The number of rotatable bonds is 7. The molecule has 2 aromatic heterocycles. The first-order valence-electron chi connectivity index (χ1n) is 10.4. The number of aromatic nitrogens is 1. The summed E-state index contributed by atoms with van der Waals surface area (Å²) in [5, 5.41) is 4.19. The highest BCUT2D eigenvalue weighted by molar-refractivity contribution is 6.05. The number of fused-ring (bicyclic) bond motifs is 1. The highest BCUT2D eigenvalue weighted by atomic mass is 16.3. The van der Waals surface area contributed by atoms with Gasteiger partial charge < -0.3 is 19.6 Å². The second-order valence-electron chi connectivity index (χ2n) is 7.79. The maximum absolute atomic E-state index is 12.3. The molecule has 1 saturated heterocycles. The first-order chi connectivity index (χ1) is 13.7. The zero-order valence-electron chi connectivity index (χ0n) is 16.5. The number of piperidine rings is 1. The van der Waals surface area contributed by atoms with Crippen molar-refractivity contribution in [2.75, 3.05) is 25.0 Å². The fourth-order valence-corrected chi connectivity index (χ4v) is 4.21. The summed E-state index contributed by atoms with van der Waals surface area (Å²) in [6, 6.07) is 7.75. The summed E-state index contributed by atoms with van der Waals surface area (Å²) in [6.45, 7) is 5.85. The largest absolute Gasteiger partial charge is 0.472 e. The Morgan fingerprint density at radius 3 is 2.86 bits per heavy atom. The molecule has 5 nitrogen and oxygen atoms in total. The van der Waals surface area contributed by atoms with E-state index in [9.17, 15) is 4.79 Å². The summed E-state index contributed by atoms with van der Waals surface area (Å²) in [5.41, 5.74) is 3.85. The lowest BCUT2D eigenvalue weighted by Crippen LogP contribution is -2.33. The van der Waals surface area contributed by atoms with E-state index in [-0.39, 0.29) is 5.91 Å². The van der Waals surface area contributed by atoms with E-state index in [0.717, 1.165) is 11.2 Å². The Bertz CT molecular complexity index is 905. The number of carbonyl (C=O) groups excluding carboxylic acids is 1. The number of benzene rings is 1. The molecule has 148 valence electrons. The monoisotopic (exact) mass is 379 g/mol. The second-order valence-corrected chi connectivity index (χ2v) is 7.79. The normalized spacial score (nSPS) is 15.9. The number of aromatic amines is 1. The Balaban J connectivity index is 1.44. The van der Waals surface area contributed by atoms with E-state index in [1.54, 1.807) is 6.07 Å². The van der Waals surface area contributed by atoms with Crippen molar-refractivity contribution in [3.8, 4) is 0 Å². The van der Waals surface area contributed by atoms with E-state index in [2.05, 4.69) is 34.4 Å². The van der Waals surface area contributed by atoms with Gasteiger partial charge in [-0.2, -0.15) is 0 Å². The van der Waals surface area contributed by atoms with Crippen LogP contribution in [0.2, 0.25) is 0 Å². The number of amides is 1. The van der Waals surface area contributed by atoms with Crippen LogP contribution in [0, 0.1) is 0 Å². The minimum Gasteiger partial charge on any atom is -0.472 e. The molecule has 3 aromatic rings. The van der Waals surface area contributed by atoms with Crippen molar-refractivity contribution in [1.82, 2.24) is 9.88 Å². The number of hydrogen-bond donors (Lipinski definition) is 2. The van der Waals surface area contributed by atoms with Crippen molar-refractivity contribution in [2.45, 2.75) is 44.9 Å². The third-order valence-electron chi connectivity index (χ3n) is 5.86. The van der Waals surface area contributed by atoms with E-state index >= 15 is 0 Å². The molecule has 3 heterocycles. The molecule has 28 heavy (non-hydrogen) atoms. The molecule has 1 aromatic carbocycles. The van der Waals surface area contributed by atoms with Crippen molar-refractivity contribution in [3.05, 3.63) is 54.1 Å². The van der Waals surface area contributed by atoms with E-state index in [1.807, 2.05) is 12.1 Å². The molecule has 0 unspecified atom stereocenters. The SMILES string of the molecule is CCCCCN1CCC(c2c[nH]c3ccc(NC(=O)c4ccoc4)cc23)CC1. The van der Waals surface area contributed by atoms with Gasteiger partial charge in [-0.3, -0.25) is 4.79 Å². The molecule has 5 heteroatoms. The predicted octanol–water partition coefficient (Wildman–Crippen LogP) is 5.38. The maximum atomic E-state index is 12.3. The Morgan fingerprint density at radius 1 is 1.25 bits per heavy atom. The van der Waals surface area contributed by atoms with E-state index in [4.69, 9.17) is 4.42 Å². The summed E-state index contributed by atoms with van der Waals surface area (Å²) in [6.07, 6.45) is 11.5. The highest BCUT2D eigenvalue weighted by Gasteiger charge is 2.22. The molecule has 2 N–H and O–H groups in total. The highest BCUT2D eigenvalue weighted by Crippen LogP contribution is 2.34. The fraction of sp³-hybridized carbons (Fsp3) is 0.435. The first kappa shape index (κ1) is 18.8. The van der Waals surface area contributed by atoms with Crippen LogP contribution in [0.25, 0.3) is 10.9 Å². The molecule has 4 rings (SSSR count). The molecule has 0 saturated carbocycles. The van der Waals surface area contributed by atoms with Gasteiger partial charge in [0.25, 0.3) is 5.91 Å². The number of unbranched alkanes of at least 4 members (excludes halogenated alkanes) is 2. The summed E-state index contributed by atoms with van der Waals surface area (Å²) in [4.78, 5) is 18.3. The van der Waals surface area contributed by atoms with Crippen molar-refractivity contribution in [1.29, 1.82) is 0 Å². The van der Waals surface area contributed by atoms with Crippen LogP contribution in [0.1, 0.15) is 60.9 Å². The van der Waals surface area contributed by atoms with Crippen LogP contribution in [0.4, 0.5) is 5.69 Å². The van der Waals surface area contributed by atoms with Crippen molar-refractivity contribution < 1.29 is 9.21 Å². The summed E-state index contributed by atoms with van der Waals surface area (Å²) >= 11 is 0. The van der Waals surface area contributed by atoms with Crippen LogP contribution in [0.5, 0.6) is 0 Å². The minimum absolute atomic E-state index is 0.148. The Morgan fingerprint density at radius 2 is 2.11 bits per heavy atom. The Labute approximate surface area is 166 Å². The van der Waals surface area contributed by atoms with Crippen LogP contribution in [-0.4, -0.2) is 35.4 Å². The lowest BCUT2D eigenvalue weighted by atomic mass is 9.89. The number of likely N-dealkylation sites (tertiary alicyclic amines) is 1. The molecule has 1 amide bonds. The molecule has 1 aliphatic heterocycles. The standard InChI is InChI=1S/C23H29N3O2/c1-2-3-4-10-26-11-7-17(8-12-26)21-15-24-22-6-5-19(14-20(21)22)25-23(27)18-9-13-28-16-18/h5-6,9,13-17,24H,2-4,7-8,10-12H2,1H3,(H,25,27). The zero-order valence-corrected chi connectivity index (χ0v) is 16.5. The molecule has 0 atom stereocenters. The smallest absolute Gasteiger partial charge is 0.258 e. The summed E-state index contributed by atoms with van der Waals surface area (Å²) in [5.74, 6) is 0.432. The van der Waals surface area contributed by atoms with Crippen LogP contribution < -0.4 is 5.32 Å². The Hall–Kier alpha value is -2.53. The molecule has 1 aliphatic rings. The molecular weight excluding hydrogens is 350 g/mol. The topological polar surface area (TPSA) is 61.3 Å². The summed E-state index contributed by atoms with van der Waals surface area (Å²) < 4.78 is 5.00. The van der Waals surface area contributed by atoms with E-state index in [0.29, 0.717) is 11.5 Å². The quantitative estimate of drug-likeness (QED) is 0.542. The van der Waals surface area contributed by atoms with Crippen molar-refractivity contribution in [2.24, 2.45) is 0 Å². The van der Waals surface area contributed by atoms with Gasteiger partial charge in [-0.25, -0.2) is 0 Å². The first-order valence-corrected chi connectivity index (χ1v) is 10.4. The lowest BCUT2D eigenvalue weighted by molar-refractivity contribution is 0.102. The number of nitrogens with zero attached hydrogens (tertiary/aromatic N) is 1. The van der Waals surface area contributed by atoms with Gasteiger partial charge in [0.2, 0.25) is 0 Å². The second kappa shape index (κ2) is 8.65. The van der Waals surface area contributed by atoms with Gasteiger partial charge in [0.1, 0.15) is 6.26 Å². The van der Waals surface area contributed by atoms with Gasteiger partial charge in [0.05, 0.1) is 11.8 Å². The van der Waals surface area contributed by atoms with Crippen LogP contribution in [0.3, 0.4) is 0 Å². The van der Waals surface area contributed by atoms with Crippen molar-refractivity contribution >= 4 is 22.5 Å². The third-order valence-corrected chi connectivity index (χ3v) is 5.86. The number of carbonyl (C=O) groups is 1. The van der Waals surface area contributed by atoms with Gasteiger partial charge in [-0.1, -0.05) is 19.8 Å². The van der Waals surface area contributed by atoms with Gasteiger partial charge in [-0.05, 0) is 74.6 Å². The number of H-pyrrole nitrogens is 1. The van der Waals surface area contributed by atoms with Crippen LogP contribution in [0.15, 0.2) is 47.4 Å². The predicted molar refractivity (Wildman–Crippen MR) is 113 cm³/mol. The van der Waals surface area contributed by atoms with Crippen molar-refractivity contribution in [3.63, 3.8) is 0 Å². The van der Waals surface area contributed by atoms with Gasteiger partial charge in [-0.15, -0.1) is 0 Å². The zero-order chi connectivity index (χ0) is 19.3. The maximum Gasteiger partial charge on any atom is 0.258 e. The number of furan rings is 1. The molecule has 0 radical (unpaired) electrons. The van der Waals surface area contributed by atoms with E-state index in [1.165, 1.54) is 75.2 Å². The average molecular weight is 380 g/mol. The van der Waals surface area contributed by atoms with Gasteiger partial charge in [0, 0.05) is 22.8 Å².